The Kier molecular flexibility index (Phi) is 6.03. The standard InChI is InChI=1S/C24H22N2O4/c1-15-5-7-17(8-6-15)14-26-23(27)19(16(2)20(13-25)24(26)28)11-18-9-10-21(29-3)22(12-18)30-4/h5-12H,14H2,1-4H3/b19-11+. The van der Waals surface area contributed by atoms with E-state index in [2.05, 4.69) is 0 Å². The van der Waals surface area contributed by atoms with Crippen LogP contribution in [0.5, 0.6) is 11.5 Å². The molecule has 0 aromatic heterocycles. The zero-order valence-corrected chi connectivity index (χ0v) is 17.4. The summed E-state index contributed by atoms with van der Waals surface area (Å²) in [5.74, 6) is 0.0671. The van der Waals surface area contributed by atoms with E-state index in [4.69, 9.17) is 9.47 Å². The third-order valence-electron chi connectivity index (χ3n) is 5.01. The molecule has 0 fully saturated rings. The van der Waals surface area contributed by atoms with Crippen molar-refractivity contribution < 1.29 is 19.1 Å². The molecular formula is C24H22N2O4. The number of imide groups is 1. The van der Waals surface area contributed by atoms with E-state index in [9.17, 15) is 14.9 Å². The molecule has 6 nitrogen and oxygen atoms in total. The van der Waals surface area contributed by atoms with E-state index < -0.39 is 11.8 Å². The Labute approximate surface area is 175 Å². The molecule has 0 unspecified atom stereocenters. The molecule has 1 aliphatic rings. The van der Waals surface area contributed by atoms with Crippen molar-refractivity contribution >= 4 is 17.9 Å². The summed E-state index contributed by atoms with van der Waals surface area (Å²) in [5, 5.41) is 9.54. The lowest BCUT2D eigenvalue weighted by atomic mass is 9.93. The number of amides is 2. The van der Waals surface area contributed by atoms with Crippen LogP contribution in [0.4, 0.5) is 0 Å². The lowest BCUT2D eigenvalue weighted by Crippen LogP contribution is -2.42. The van der Waals surface area contributed by atoms with Crippen molar-refractivity contribution in [1.82, 2.24) is 4.90 Å². The van der Waals surface area contributed by atoms with Crippen LogP contribution in [0, 0.1) is 18.3 Å². The van der Waals surface area contributed by atoms with Crippen molar-refractivity contribution in [2.75, 3.05) is 14.2 Å². The van der Waals surface area contributed by atoms with Gasteiger partial charge in [0.2, 0.25) is 0 Å². The Balaban J connectivity index is 2.05. The van der Waals surface area contributed by atoms with Gasteiger partial charge in [-0.1, -0.05) is 35.9 Å². The van der Waals surface area contributed by atoms with Gasteiger partial charge in [-0.05, 0) is 48.8 Å². The second-order valence-electron chi connectivity index (χ2n) is 6.97. The molecular weight excluding hydrogens is 380 g/mol. The smallest absolute Gasteiger partial charge is 0.271 e. The molecule has 0 aliphatic carbocycles. The number of methoxy groups -OCH3 is 2. The zero-order valence-electron chi connectivity index (χ0n) is 17.4. The number of rotatable bonds is 5. The van der Waals surface area contributed by atoms with Gasteiger partial charge in [0.25, 0.3) is 11.8 Å². The maximum absolute atomic E-state index is 13.2. The molecule has 1 heterocycles. The third-order valence-corrected chi connectivity index (χ3v) is 5.01. The normalized spacial score (nSPS) is 15.4. The van der Waals surface area contributed by atoms with Crippen molar-refractivity contribution in [2.45, 2.75) is 20.4 Å². The Morgan fingerprint density at radius 2 is 1.63 bits per heavy atom. The lowest BCUT2D eigenvalue weighted by Gasteiger charge is -2.27. The molecule has 1 aliphatic heterocycles. The van der Waals surface area contributed by atoms with E-state index >= 15 is 0 Å². The maximum atomic E-state index is 13.2. The second-order valence-corrected chi connectivity index (χ2v) is 6.97. The highest BCUT2D eigenvalue weighted by molar-refractivity contribution is 6.19. The first kappa shape index (κ1) is 20.9. The summed E-state index contributed by atoms with van der Waals surface area (Å²) in [6.45, 7) is 3.68. The quantitative estimate of drug-likeness (QED) is 0.561. The number of ether oxygens (including phenoxy) is 2. The molecule has 0 saturated heterocycles. The van der Waals surface area contributed by atoms with Gasteiger partial charge in [-0.15, -0.1) is 0 Å². The molecule has 0 saturated carbocycles. The summed E-state index contributed by atoms with van der Waals surface area (Å²) < 4.78 is 10.6. The van der Waals surface area contributed by atoms with Crippen LogP contribution in [0.25, 0.3) is 6.08 Å². The third kappa shape index (κ3) is 3.96. The van der Waals surface area contributed by atoms with E-state index in [0.717, 1.165) is 16.0 Å². The van der Waals surface area contributed by atoms with Crippen molar-refractivity contribution in [3.63, 3.8) is 0 Å². The number of nitriles is 1. The van der Waals surface area contributed by atoms with Crippen LogP contribution in [-0.4, -0.2) is 30.9 Å². The summed E-state index contributed by atoms with van der Waals surface area (Å²) >= 11 is 0. The van der Waals surface area contributed by atoms with Gasteiger partial charge in [0.15, 0.2) is 11.5 Å². The average molecular weight is 402 g/mol. The Bertz CT molecular complexity index is 1110. The number of aryl methyl sites for hydroxylation is 1. The SMILES string of the molecule is COc1ccc(/C=C2/C(=O)N(Cc3ccc(C)cc3)C(=O)C(C#N)=C2C)cc1OC. The van der Waals surface area contributed by atoms with Gasteiger partial charge in [-0.3, -0.25) is 14.5 Å². The van der Waals surface area contributed by atoms with Gasteiger partial charge in [0.1, 0.15) is 11.6 Å². The first-order valence-corrected chi connectivity index (χ1v) is 9.36. The molecule has 3 rings (SSSR count). The highest BCUT2D eigenvalue weighted by Crippen LogP contribution is 2.31. The zero-order chi connectivity index (χ0) is 21.8. The molecule has 6 heteroatoms. The predicted molar refractivity (Wildman–Crippen MR) is 113 cm³/mol. The molecule has 2 aromatic carbocycles. The molecule has 0 spiro atoms. The molecule has 2 aromatic rings. The summed E-state index contributed by atoms with van der Waals surface area (Å²) in [6.07, 6.45) is 1.66. The second kappa shape index (κ2) is 8.66. The summed E-state index contributed by atoms with van der Waals surface area (Å²) in [4.78, 5) is 27.1. The fourth-order valence-corrected chi connectivity index (χ4v) is 3.26. The summed E-state index contributed by atoms with van der Waals surface area (Å²) in [7, 11) is 3.07. The molecule has 0 N–H and O–H groups in total. The van der Waals surface area contributed by atoms with Crippen LogP contribution in [0.15, 0.2) is 59.2 Å². The van der Waals surface area contributed by atoms with E-state index in [1.807, 2.05) is 37.3 Å². The Morgan fingerprint density at radius 1 is 0.967 bits per heavy atom. The fraction of sp³-hybridized carbons (Fsp3) is 0.208. The van der Waals surface area contributed by atoms with Crippen LogP contribution in [0.2, 0.25) is 0 Å². The monoisotopic (exact) mass is 402 g/mol. The van der Waals surface area contributed by atoms with E-state index in [1.165, 1.54) is 7.11 Å². The van der Waals surface area contributed by atoms with E-state index in [0.29, 0.717) is 28.2 Å². The van der Waals surface area contributed by atoms with Gasteiger partial charge < -0.3 is 9.47 Å². The minimum Gasteiger partial charge on any atom is -0.493 e. The molecule has 0 atom stereocenters. The molecule has 30 heavy (non-hydrogen) atoms. The van der Waals surface area contributed by atoms with Gasteiger partial charge in [0, 0.05) is 5.57 Å². The predicted octanol–water partition coefficient (Wildman–Crippen LogP) is 3.80. The minimum atomic E-state index is -0.579. The highest BCUT2D eigenvalue weighted by Gasteiger charge is 2.35. The van der Waals surface area contributed by atoms with Gasteiger partial charge in [-0.2, -0.15) is 5.26 Å². The van der Waals surface area contributed by atoms with Crippen LogP contribution in [0.3, 0.4) is 0 Å². The highest BCUT2D eigenvalue weighted by atomic mass is 16.5. The van der Waals surface area contributed by atoms with E-state index in [-0.39, 0.29) is 12.1 Å². The van der Waals surface area contributed by atoms with Gasteiger partial charge in [-0.25, -0.2) is 0 Å². The van der Waals surface area contributed by atoms with Crippen LogP contribution < -0.4 is 9.47 Å². The molecule has 152 valence electrons. The maximum Gasteiger partial charge on any atom is 0.271 e. The molecule has 0 bridgehead atoms. The van der Waals surface area contributed by atoms with Crippen molar-refractivity contribution in [3.05, 3.63) is 75.9 Å². The number of nitrogens with zero attached hydrogens (tertiary/aromatic N) is 2. The number of benzene rings is 2. The van der Waals surface area contributed by atoms with Crippen molar-refractivity contribution in [1.29, 1.82) is 5.26 Å². The first-order chi connectivity index (χ1) is 14.4. The first-order valence-electron chi connectivity index (χ1n) is 9.36. The lowest BCUT2D eigenvalue weighted by molar-refractivity contribution is -0.141. The minimum absolute atomic E-state index is 0.0339. The van der Waals surface area contributed by atoms with Gasteiger partial charge >= 0.3 is 0 Å². The number of carbonyl (C=O) groups is 2. The van der Waals surface area contributed by atoms with E-state index in [1.54, 1.807) is 38.3 Å². The largest absolute Gasteiger partial charge is 0.493 e. The van der Waals surface area contributed by atoms with Crippen LogP contribution in [0.1, 0.15) is 23.6 Å². The van der Waals surface area contributed by atoms with Crippen molar-refractivity contribution in [3.8, 4) is 17.6 Å². The van der Waals surface area contributed by atoms with Crippen LogP contribution >= 0.6 is 0 Å². The Hall–Kier alpha value is -3.85. The average Bonchev–Trinajstić information content (AvgIpc) is 2.75. The van der Waals surface area contributed by atoms with Crippen molar-refractivity contribution in [2.24, 2.45) is 0 Å². The number of hydrogen-bond donors (Lipinski definition) is 0. The van der Waals surface area contributed by atoms with Crippen LogP contribution in [-0.2, 0) is 16.1 Å². The topological polar surface area (TPSA) is 79.6 Å². The molecule has 0 radical (unpaired) electrons. The fourth-order valence-electron chi connectivity index (χ4n) is 3.26. The number of carbonyl (C=O) groups excluding carboxylic acids is 2. The summed E-state index contributed by atoms with van der Waals surface area (Å²) in [5.41, 5.74) is 3.21. The Morgan fingerprint density at radius 3 is 2.23 bits per heavy atom. The molecule has 2 amide bonds. The number of hydrogen-bond acceptors (Lipinski definition) is 5. The van der Waals surface area contributed by atoms with Gasteiger partial charge in [0.05, 0.1) is 20.8 Å². The summed E-state index contributed by atoms with van der Waals surface area (Å²) in [6, 6.07) is 14.8.